The van der Waals surface area contributed by atoms with E-state index in [0.29, 0.717) is 5.69 Å². The van der Waals surface area contributed by atoms with Crippen LogP contribution in [0.4, 0.5) is 5.69 Å². The average molecular weight is 172 g/mol. The van der Waals surface area contributed by atoms with Crippen molar-refractivity contribution in [1.29, 1.82) is 0 Å². The highest BCUT2D eigenvalue weighted by molar-refractivity contribution is 5.32. The van der Waals surface area contributed by atoms with Gasteiger partial charge in [-0.15, -0.1) is 0 Å². The lowest BCUT2D eigenvalue weighted by Crippen LogP contribution is -2.06. The molecule has 0 saturated heterocycles. The van der Waals surface area contributed by atoms with Crippen LogP contribution >= 0.6 is 0 Å². The van der Waals surface area contributed by atoms with Gasteiger partial charge in [0.05, 0.1) is 4.92 Å². The van der Waals surface area contributed by atoms with Crippen LogP contribution in [0.5, 0.6) is 0 Å². The Kier molecular flexibility index (Phi) is 2.36. The van der Waals surface area contributed by atoms with Crippen molar-refractivity contribution in [3.63, 3.8) is 0 Å². The Labute approximate surface area is 67.8 Å². The number of hydrogen-bond donors (Lipinski definition) is 1. The zero-order valence-electron chi connectivity index (χ0n) is 6.43. The molecule has 0 aromatic carbocycles. The second kappa shape index (κ2) is 3.28. The number of nitrogens with two attached hydrogens (primary N) is 1. The van der Waals surface area contributed by atoms with Gasteiger partial charge in [0.2, 0.25) is 0 Å². The molecule has 0 spiro atoms. The zero-order valence-corrected chi connectivity index (χ0v) is 6.43. The second-order valence-corrected chi connectivity index (χ2v) is 2.17. The molecule has 0 aliphatic carbocycles. The Bertz CT molecular complexity index is 295. The Morgan fingerprint density at radius 3 is 3.08 bits per heavy atom. The van der Waals surface area contributed by atoms with E-state index < -0.39 is 4.92 Å². The van der Waals surface area contributed by atoms with Gasteiger partial charge < -0.3 is 0 Å². The summed E-state index contributed by atoms with van der Waals surface area (Å²) in [5, 5.41) is 14.1. The fourth-order valence-electron chi connectivity index (χ4n) is 0.850. The van der Waals surface area contributed by atoms with Gasteiger partial charge in [-0.25, -0.2) is 5.90 Å². The van der Waals surface area contributed by atoms with Crippen molar-refractivity contribution in [3.8, 4) is 0 Å². The van der Waals surface area contributed by atoms with Gasteiger partial charge in [-0.2, -0.15) is 5.10 Å². The molecule has 7 heteroatoms. The summed E-state index contributed by atoms with van der Waals surface area (Å²) in [6, 6.07) is 0. The van der Waals surface area contributed by atoms with E-state index in [9.17, 15) is 10.1 Å². The van der Waals surface area contributed by atoms with Crippen LogP contribution < -0.4 is 5.90 Å². The van der Waals surface area contributed by atoms with Crippen LogP contribution in [0.3, 0.4) is 0 Å². The van der Waals surface area contributed by atoms with E-state index in [0.717, 1.165) is 6.20 Å². The second-order valence-electron chi connectivity index (χ2n) is 2.17. The molecule has 7 nitrogen and oxygen atoms in total. The van der Waals surface area contributed by atoms with Crippen molar-refractivity contribution in [2.45, 2.75) is 6.61 Å². The molecule has 2 N–H and O–H groups in total. The van der Waals surface area contributed by atoms with E-state index in [-0.39, 0.29) is 12.3 Å². The molecular weight excluding hydrogens is 164 g/mol. The number of aromatic nitrogens is 2. The first-order chi connectivity index (χ1) is 5.66. The van der Waals surface area contributed by atoms with Crippen LogP contribution in [0.2, 0.25) is 0 Å². The van der Waals surface area contributed by atoms with E-state index in [2.05, 4.69) is 9.94 Å². The molecule has 0 amide bonds. The predicted molar refractivity (Wildman–Crippen MR) is 38.8 cm³/mol. The zero-order chi connectivity index (χ0) is 9.14. The monoisotopic (exact) mass is 172 g/mol. The summed E-state index contributed by atoms with van der Waals surface area (Å²) < 4.78 is 1.35. The van der Waals surface area contributed by atoms with Gasteiger partial charge in [0.25, 0.3) is 0 Å². The van der Waals surface area contributed by atoms with Crippen molar-refractivity contribution in [2.24, 2.45) is 12.9 Å². The van der Waals surface area contributed by atoms with Crippen LogP contribution in [0.1, 0.15) is 5.69 Å². The largest absolute Gasteiger partial charge is 0.312 e. The van der Waals surface area contributed by atoms with Gasteiger partial charge >= 0.3 is 5.69 Å². The Morgan fingerprint density at radius 1 is 1.92 bits per heavy atom. The normalized spacial score (nSPS) is 10.2. The van der Waals surface area contributed by atoms with Gasteiger partial charge in [-0.1, -0.05) is 0 Å². The SMILES string of the molecule is Cn1ncc([N+](=O)[O-])c1CON. The van der Waals surface area contributed by atoms with E-state index in [4.69, 9.17) is 5.90 Å². The first-order valence-corrected chi connectivity index (χ1v) is 3.13. The molecule has 0 atom stereocenters. The standard InChI is InChI=1S/C5H8N4O3/c1-8-5(3-12-6)4(2-7-8)9(10)11/h2H,3,6H2,1H3. The predicted octanol–water partition coefficient (Wildman–Crippen LogP) is -0.281. The molecule has 0 bridgehead atoms. The minimum atomic E-state index is -0.526. The lowest BCUT2D eigenvalue weighted by Gasteiger charge is -1.97. The topological polar surface area (TPSA) is 96.2 Å². The molecule has 12 heavy (non-hydrogen) atoms. The molecule has 1 aromatic rings. The van der Waals surface area contributed by atoms with Crippen LogP contribution in [-0.2, 0) is 18.5 Å². The highest BCUT2D eigenvalue weighted by Gasteiger charge is 2.18. The smallest absolute Gasteiger partial charge is 0.298 e. The average Bonchev–Trinajstić information content (AvgIpc) is 2.34. The Morgan fingerprint density at radius 2 is 2.58 bits per heavy atom. The Hall–Kier alpha value is -1.47. The fraction of sp³-hybridized carbons (Fsp3) is 0.400. The van der Waals surface area contributed by atoms with Gasteiger partial charge in [-0.05, 0) is 0 Å². The third kappa shape index (κ3) is 1.41. The van der Waals surface area contributed by atoms with E-state index in [1.54, 1.807) is 7.05 Å². The quantitative estimate of drug-likeness (QED) is 0.499. The summed E-state index contributed by atoms with van der Waals surface area (Å²) in [5.74, 6) is 4.79. The molecule has 0 unspecified atom stereocenters. The van der Waals surface area contributed by atoms with Crippen molar-refractivity contribution >= 4 is 5.69 Å². The van der Waals surface area contributed by atoms with Crippen LogP contribution in [0.15, 0.2) is 6.20 Å². The number of nitro groups is 1. The number of hydrogen-bond acceptors (Lipinski definition) is 5. The van der Waals surface area contributed by atoms with Crippen molar-refractivity contribution in [3.05, 3.63) is 22.0 Å². The van der Waals surface area contributed by atoms with Gasteiger partial charge in [0.15, 0.2) is 0 Å². The molecule has 1 rings (SSSR count). The molecule has 0 saturated carbocycles. The minimum absolute atomic E-state index is 0.0210. The molecule has 0 aliphatic heterocycles. The van der Waals surface area contributed by atoms with Crippen LogP contribution in [0.25, 0.3) is 0 Å². The lowest BCUT2D eigenvalue weighted by molar-refractivity contribution is -0.386. The van der Waals surface area contributed by atoms with Gasteiger partial charge in [0.1, 0.15) is 18.5 Å². The summed E-state index contributed by atoms with van der Waals surface area (Å²) in [5.41, 5.74) is 0.269. The molecule has 1 heterocycles. The Balaban J connectivity index is 3.03. The maximum absolute atomic E-state index is 10.4. The maximum atomic E-state index is 10.4. The van der Waals surface area contributed by atoms with Crippen molar-refractivity contribution in [2.75, 3.05) is 0 Å². The number of nitrogens with zero attached hydrogens (tertiary/aromatic N) is 3. The van der Waals surface area contributed by atoms with E-state index in [1.165, 1.54) is 4.68 Å². The summed E-state index contributed by atoms with van der Waals surface area (Å²) >= 11 is 0. The third-order valence-electron chi connectivity index (χ3n) is 1.46. The number of aryl methyl sites for hydroxylation is 1. The van der Waals surface area contributed by atoms with E-state index >= 15 is 0 Å². The van der Waals surface area contributed by atoms with Gasteiger partial charge in [-0.3, -0.25) is 19.6 Å². The maximum Gasteiger partial charge on any atom is 0.312 e. The highest BCUT2D eigenvalue weighted by atomic mass is 16.6. The number of rotatable bonds is 3. The first-order valence-electron chi connectivity index (χ1n) is 3.13. The molecule has 0 aliphatic rings. The van der Waals surface area contributed by atoms with Crippen LogP contribution in [-0.4, -0.2) is 14.7 Å². The third-order valence-corrected chi connectivity index (χ3v) is 1.46. The fourth-order valence-corrected chi connectivity index (χ4v) is 0.850. The molecule has 0 fully saturated rings. The summed E-state index contributed by atoms with van der Waals surface area (Å²) in [6.45, 7) is -0.0210. The molecular formula is C5H8N4O3. The summed E-state index contributed by atoms with van der Waals surface area (Å²) in [4.78, 5) is 14.1. The highest BCUT2D eigenvalue weighted by Crippen LogP contribution is 2.16. The van der Waals surface area contributed by atoms with Crippen LogP contribution in [0, 0.1) is 10.1 Å². The van der Waals surface area contributed by atoms with E-state index in [1.807, 2.05) is 0 Å². The lowest BCUT2D eigenvalue weighted by atomic mass is 10.4. The van der Waals surface area contributed by atoms with Gasteiger partial charge in [0, 0.05) is 7.05 Å². The first kappa shape index (κ1) is 8.62. The molecule has 1 aromatic heterocycles. The summed E-state index contributed by atoms with van der Waals surface area (Å²) in [6.07, 6.45) is 1.16. The minimum Gasteiger partial charge on any atom is -0.298 e. The molecule has 0 radical (unpaired) electrons. The van der Waals surface area contributed by atoms with Crippen molar-refractivity contribution in [1.82, 2.24) is 9.78 Å². The summed E-state index contributed by atoms with van der Waals surface area (Å²) in [7, 11) is 1.58. The molecule has 66 valence electrons. The van der Waals surface area contributed by atoms with Crippen molar-refractivity contribution < 1.29 is 9.76 Å².